The predicted octanol–water partition coefficient (Wildman–Crippen LogP) is 3.12. The van der Waals surface area contributed by atoms with Crippen molar-refractivity contribution in [1.82, 2.24) is 4.98 Å². The summed E-state index contributed by atoms with van der Waals surface area (Å²) in [7, 11) is 0. The number of piperidine rings is 1. The van der Waals surface area contributed by atoms with E-state index in [2.05, 4.69) is 22.2 Å². The van der Waals surface area contributed by atoms with Gasteiger partial charge in [0.05, 0.1) is 11.6 Å². The maximum absolute atomic E-state index is 5.73. The van der Waals surface area contributed by atoms with Crippen LogP contribution < -0.4 is 4.90 Å². The van der Waals surface area contributed by atoms with Gasteiger partial charge in [-0.05, 0) is 18.8 Å². The van der Waals surface area contributed by atoms with Gasteiger partial charge in [-0.25, -0.2) is 4.98 Å². The largest absolute Gasteiger partial charge is 0.348 e. The average Bonchev–Trinajstić information content (AvgIpc) is 2.66. The lowest BCUT2D eigenvalue weighted by Gasteiger charge is -2.30. The molecule has 0 N–H and O–H groups in total. The van der Waals surface area contributed by atoms with Gasteiger partial charge < -0.3 is 4.90 Å². The van der Waals surface area contributed by atoms with E-state index in [-0.39, 0.29) is 0 Å². The summed E-state index contributed by atoms with van der Waals surface area (Å²) >= 11 is 7.45. The SMILES string of the molecule is CC1CCCN(c2nc(CCl)cs2)C1. The van der Waals surface area contributed by atoms with Crippen molar-refractivity contribution in [3.8, 4) is 0 Å². The molecule has 2 rings (SSSR count). The van der Waals surface area contributed by atoms with Crippen molar-refractivity contribution in [2.24, 2.45) is 5.92 Å². The standard InChI is InChI=1S/C10H15ClN2S/c1-8-3-2-4-13(6-8)10-12-9(5-11)7-14-10/h7-8H,2-6H2,1H3. The van der Waals surface area contributed by atoms with Crippen LogP contribution in [0, 0.1) is 5.92 Å². The lowest BCUT2D eigenvalue weighted by atomic mass is 10.0. The molecule has 0 aromatic carbocycles. The van der Waals surface area contributed by atoms with E-state index >= 15 is 0 Å². The molecule has 2 nitrogen and oxygen atoms in total. The van der Waals surface area contributed by atoms with E-state index in [1.54, 1.807) is 11.3 Å². The number of alkyl halides is 1. The number of rotatable bonds is 2. The monoisotopic (exact) mass is 230 g/mol. The highest BCUT2D eigenvalue weighted by atomic mass is 35.5. The van der Waals surface area contributed by atoms with Gasteiger partial charge in [0.1, 0.15) is 0 Å². The van der Waals surface area contributed by atoms with Gasteiger partial charge in [-0.3, -0.25) is 0 Å². The molecule has 1 atom stereocenters. The minimum Gasteiger partial charge on any atom is -0.348 e. The molecule has 1 aromatic rings. The first-order valence-electron chi connectivity index (χ1n) is 5.05. The zero-order valence-corrected chi connectivity index (χ0v) is 9.94. The molecule has 0 bridgehead atoms. The summed E-state index contributed by atoms with van der Waals surface area (Å²) in [5, 5.41) is 3.20. The Morgan fingerprint density at radius 1 is 1.71 bits per heavy atom. The second-order valence-corrected chi connectivity index (χ2v) is 5.05. The Kier molecular flexibility index (Phi) is 3.29. The fourth-order valence-corrected chi connectivity index (χ4v) is 2.96. The molecule has 1 aromatic heterocycles. The third kappa shape index (κ3) is 2.20. The first kappa shape index (κ1) is 10.2. The van der Waals surface area contributed by atoms with Crippen LogP contribution in [0.5, 0.6) is 0 Å². The van der Waals surface area contributed by atoms with Gasteiger partial charge in [0.25, 0.3) is 0 Å². The number of halogens is 1. The van der Waals surface area contributed by atoms with Crippen molar-refractivity contribution in [2.45, 2.75) is 25.6 Å². The van der Waals surface area contributed by atoms with Gasteiger partial charge in [0, 0.05) is 18.5 Å². The van der Waals surface area contributed by atoms with Crippen LogP contribution in [0.25, 0.3) is 0 Å². The molecule has 0 spiro atoms. The van der Waals surface area contributed by atoms with E-state index in [9.17, 15) is 0 Å². The molecule has 1 aliphatic rings. The Balaban J connectivity index is 2.06. The molecule has 1 saturated heterocycles. The lowest BCUT2D eigenvalue weighted by Crippen LogP contribution is -2.34. The van der Waals surface area contributed by atoms with Crippen molar-refractivity contribution in [2.75, 3.05) is 18.0 Å². The molecule has 0 aliphatic carbocycles. The Bertz CT molecular complexity index is 300. The van der Waals surface area contributed by atoms with Crippen LogP contribution in [0.15, 0.2) is 5.38 Å². The molecule has 2 heterocycles. The van der Waals surface area contributed by atoms with Crippen molar-refractivity contribution in [3.63, 3.8) is 0 Å². The zero-order chi connectivity index (χ0) is 9.97. The van der Waals surface area contributed by atoms with Crippen LogP contribution in [-0.4, -0.2) is 18.1 Å². The summed E-state index contributed by atoms with van der Waals surface area (Å²) in [5.74, 6) is 1.33. The highest BCUT2D eigenvalue weighted by molar-refractivity contribution is 7.13. The van der Waals surface area contributed by atoms with E-state index in [4.69, 9.17) is 11.6 Å². The topological polar surface area (TPSA) is 16.1 Å². The van der Waals surface area contributed by atoms with Gasteiger partial charge in [-0.2, -0.15) is 0 Å². The molecule has 14 heavy (non-hydrogen) atoms. The number of aromatic nitrogens is 1. The fourth-order valence-electron chi connectivity index (χ4n) is 1.87. The van der Waals surface area contributed by atoms with Gasteiger partial charge in [-0.15, -0.1) is 22.9 Å². The van der Waals surface area contributed by atoms with Crippen LogP contribution in [0.3, 0.4) is 0 Å². The van der Waals surface area contributed by atoms with E-state index in [1.807, 2.05) is 0 Å². The van der Waals surface area contributed by atoms with Crippen molar-refractivity contribution in [1.29, 1.82) is 0 Å². The van der Waals surface area contributed by atoms with E-state index in [0.29, 0.717) is 5.88 Å². The molecule has 1 fully saturated rings. The van der Waals surface area contributed by atoms with E-state index in [0.717, 1.165) is 29.8 Å². The van der Waals surface area contributed by atoms with Crippen molar-refractivity contribution in [3.05, 3.63) is 11.1 Å². The van der Waals surface area contributed by atoms with Gasteiger partial charge in [0.15, 0.2) is 5.13 Å². The maximum Gasteiger partial charge on any atom is 0.185 e. The lowest BCUT2D eigenvalue weighted by molar-refractivity contribution is 0.446. The summed E-state index contributed by atoms with van der Waals surface area (Å²) < 4.78 is 0. The van der Waals surface area contributed by atoms with Crippen molar-refractivity contribution < 1.29 is 0 Å². The average molecular weight is 231 g/mol. The predicted molar refractivity (Wildman–Crippen MR) is 62.3 cm³/mol. The van der Waals surface area contributed by atoms with Gasteiger partial charge in [0.2, 0.25) is 0 Å². The maximum atomic E-state index is 5.73. The Morgan fingerprint density at radius 3 is 3.21 bits per heavy atom. The molecule has 4 heteroatoms. The van der Waals surface area contributed by atoms with Crippen LogP contribution in [0.1, 0.15) is 25.5 Å². The zero-order valence-electron chi connectivity index (χ0n) is 8.37. The summed E-state index contributed by atoms with van der Waals surface area (Å²) in [6.07, 6.45) is 2.64. The summed E-state index contributed by atoms with van der Waals surface area (Å²) in [6.45, 7) is 4.61. The Hall–Kier alpha value is -0.280. The molecule has 0 saturated carbocycles. The van der Waals surface area contributed by atoms with Crippen LogP contribution in [0.2, 0.25) is 0 Å². The fraction of sp³-hybridized carbons (Fsp3) is 0.700. The second-order valence-electron chi connectivity index (χ2n) is 3.95. The third-order valence-corrected chi connectivity index (χ3v) is 3.83. The van der Waals surface area contributed by atoms with E-state index < -0.39 is 0 Å². The molecular weight excluding hydrogens is 216 g/mol. The molecule has 0 amide bonds. The highest BCUT2D eigenvalue weighted by Gasteiger charge is 2.18. The smallest absolute Gasteiger partial charge is 0.185 e. The number of thiazole rings is 1. The second kappa shape index (κ2) is 4.49. The highest BCUT2D eigenvalue weighted by Crippen LogP contribution is 2.26. The minimum atomic E-state index is 0.528. The Morgan fingerprint density at radius 2 is 2.57 bits per heavy atom. The number of hydrogen-bond donors (Lipinski definition) is 0. The summed E-state index contributed by atoms with van der Waals surface area (Å²) in [6, 6.07) is 0. The van der Waals surface area contributed by atoms with Crippen LogP contribution in [-0.2, 0) is 5.88 Å². The Labute approximate surface area is 93.9 Å². The van der Waals surface area contributed by atoms with Gasteiger partial charge in [-0.1, -0.05) is 6.92 Å². The number of hydrogen-bond acceptors (Lipinski definition) is 3. The minimum absolute atomic E-state index is 0.528. The molecule has 1 aliphatic heterocycles. The van der Waals surface area contributed by atoms with Crippen LogP contribution >= 0.6 is 22.9 Å². The quantitative estimate of drug-likeness (QED) is 0.726. The first-order chi connectivity index (χ1) is 6.79. The normalized spacial score (nSPS) is 22.7. The van der Waals surface area contributed by atoms with Gasteiger partial charge >= 0.3 is 0 Å². The molecule has 1 unspecified atom stereocenters. The molecular formula is C10H15ClN2S. The van der Waals surface area contributed by atoms with E-state index in [1.165, 1.54) is 12.8 Å². The molecule has 0 radical (unpaired) electrons. The number of nitrogens with zero attached hydrogens (tertiary/aromatic N) is 2. The van der Waals surface area contributed by atoms with Crippen LogP contribution in [0.4, 0.5) is 5.13 Å². The first-order valence-corrected chi connectivity index (χ1v) is 6.46. The summed E-state index contributed by atoms with van der Waals surface area (Å²) in [5.41, 5.74) is 1.00. The van der Waals surface area contributed by atoms with Crippen molar-refractivity contribution >= 4 is 28.1 Å². The third-order valence-electron chi connectivity index (χ3n) is 2.60. The molecule has 78 valence electrons. The number of anilines is 1. The summed E-state index contributed by atoms with van der Waals surface area (Å²) in [4.78, 5) is 6.88.